The molecule has 1 atom stereocenters. The molecule has 0 bridgehead atoms. The second-order valence-electron chi connectivity index (χ2n) is 3.28. The Morgan fingerprint density at radius 3 is 2.41 bits per heavy atom. The number of esters is 1. The molecule has 3 N–H and O–H groups in total. The minimum atomic E-state index is -1.22. The number of hydrogen-bond acceptors (Lipinski definition) is 5. The van der Waals surface area contributed by atoms with Gasteiger partial charge < -0.3 is 20.3 Å². The summed E-state index contributed by atoms with van der Waals surface area (Å²) in [6.07, 6.45) is -0.292. The first kappa shape index (κ1) is 15.4. The minimum absolute atomic E-state index is 0.0690. The molecule has 7 heteroatoms. The van der Waals surface area contributed by atoms with Crippen molar-refractivity contribution >= 4 is 17.8 Å². The molecule has 0 saturated heterocycles. The summed E-state index contributed by atoms with van der Waals surface area (Å²) in [6.45, 7) is 1.55. The van der Waals surface area contributed by atoms with E-state index in [4.69, 9.17) is 10.2 Å². The Balaban J connectivity index is 3.98. The van der Waals surface area contributed by atoms with Crippen molar-refractivity contribution in [2.75, 3.05) is 13.2 Å². The van der Waals surface area contributed by atoms with Crippen LogP contribution in [0, 0.1) is 0 Å². The van der Waals surface area contributed by atoms with E-state index in [1.165, 1.54) is 0 Å². The van der Waals surface area contributed by atoms with Gasteiger partial charge in [0.2, 0.25) is 5.91 Å². The maximum Gasteiger partial charge on any atom is 0.326 e. The van der Waals surface area contributed by atoms with E-state index >= 15 is 0 Å². The van der Waals surface area contributed by atoms with Gasteiger partial charge in [-0.25, -0.2) is 4.79 Å². The molecule has 1 amide bonds. The lowest BCUT2D eigenvalue weighted by molar-refractivity contribution is -0.145. The van der Waals surface area contributed by atoms with Gasteiger partial charge in [-0.15, -0.1) is 0 Å². The van der Waals surface area contributed by atoms with Crippen LogP contribution in [0.2, 0.25) is 0 Å². The monoisotopic (exact) mass is 247 g/mol. The first-order valence-corrected chi connectivity index (χ1v) is 5.29. The molecule has 0 rings (SSSR count). The smallest absolute Gasteiger partial charge is 0.326 e. The summed E-state index contributed by atoms with van der Waals surface area (Å²) in [4.78, 5) is 32.9. The van der Waals surface area contributed by atoms with Gasteiger partial charge in [-0.05, 0) is 6.92 Å². The quantitative estimate of drug-likeness (QED) is 0.488. The fourth-order valence-corrected chi connectivity index (χ4v) is 1.10. The highest BCUT2D eigenvalue weighted by molar-refractivity contribution is 5.85. The Hall–Kier alpha value is -1.63. The zero-order valence-electron chi connectivity index (χ0n) is 9.64. The predicted molar refractivity (Wildman–Crippen MR) is 57.1 cm³/mol. The van der Waals surface area contributed by atoms with E-state index < -0.39 is 23.9 Å². The molecule has 0 spiro atoms. The Labute approximate surface area is 98.8 Å². The molecule has 0 aliphatic heterocycles. The maximum absolute atomic E-state index is 11.3. The highest BCUT2D eigenvalue weighted by Crippen LogP contribution is 1.97. The van der Waals surface area contributed by atoms with Crippen LogP contribution in [0.4, 0.5) is 0 Å². The van der Waals surface area contributed by atoms with Crippen LogP contribution in [0.15, 0.2) is 0 Å². The average Bonchev–Trinajstić information content (AvgIpc) is 2.26. The van der Waals surface area contributed by atoms with Crippen molar-refractivity contribution < 1.29 is 29.3 Å². The molecule has 17 heavy (non-hydrogen) atoms. The lowest BCUT2D eigenvalue weighted by Crippen LogP contribution is -2.41. The van der Waals surface area contributed by atoms with Gasteiger partial charge in [-0.3, -0.25) is 9.59 Å². The molecule has 0 aromatic heterocycles. The standard InChI is InChI=1S/C10H17NO6/c1-2-17-9(14)4-3-8(13)11-7(5-6-12)10(15)16/h7,12H,2-6H2,1H3,(H,11,13)(H,15,16)/t7-/m1/s1. The molecule has 0 heterocycles. The number of carboxylic acids is 1. The molecular weight excluding hydrogens is 230 g/mol. The fraction of sp³-hybridized carbons (Fsp3) is 0.700. The third-order valence-electron chi connectivity index (χ3n) is 1.91. The molecule has 7 nitrogen and oxygen atoms in total. The van der Waals surface area contributed by atoms with Crippen LogP contribution in [0.3, 0.4) is 0 Å². The zero-order chi connectivity index (χ0) is 13.3. The number of aliphatic hydroxyl groups excluding tert-OH is 1. The van der Waals surface area contributed by atoms with Crippen LogP contribution >= 0.6 is 0 Å². The van der Waals surface area contributed by atoms with Crippen LogP contribution in [-0.4, -0.2) is 47.3 Å². The molecular formula is C10H17NO6. The number of rotatable bonds is 8. The van der Waals surface area contributed by atoms with Gasteiger partial charge in [0.1, 0.15) is 6.04 Å². The van der Waals surface area contributed by atoms with Crippen molar-refractivity contribution in [3.05, 3.63) is 0 Å². The van der Waals surface area contributed by atoms with E-state index in [0.717, 1.165) is 0 Å². The van der Waals surface area contributed by atoms with E-state index in [0.29, 0.717) is 0 Å². The summed E-state index contributed by atoms with van der Waals surface area (Å²) < 4.78 is 4.62. The molecule has 98 valence electrons. The highest BCUT2D eigenvalue weighted by atomic mass is 16.5. The van der Waals surface area contributed by atoms with Crippen LogP contribution in [0.5, 0.6) is 0 Å². The fourth-order valence-electron chi connectivity index (χ4n) is 1.10. The zero-order valence-corrected chi connectivity index (χ0v) is 9.64. The summed E-state index contributed by atoms with van der Waals surface area (Å²) in [6, 6.07) is -1.13. The molecule has 0 aliphatic carbocycles. The number of ether oxygens (including phenoxy) is 1. The second kappa shape index (κ2) is 8.51. The summed E-state index contributed by atoms with van der Waals surface area (Å²) in [5, 5.41) is 19.5. The molecule has 0 aromatic rings. The lowest BCUT2D eigenvalue weighted by Gasteiger charge is -2.12. The van der Waals surface area contributed by atoms with Gasteiger partial charge in [0.25, 0.3) is 0 Å². The van der Waals surface area contributed by atoms with Crippen molar-refractivity contribution in [2.45, 2.75) is 32.2 Å². The van der Waals surface area contributed by atoms with Crippen LogP contribution in [0.1, 0.15) is 26.2 Å². The third kappa shape index (κ3) is 7.29. The molecule has 0 aliphatic rings. The Kier molecular flexibility index (Phi) is 7.70. The third-order valence-corrected chi connectivity index (χ3v) is 1.91. The second-order valence-corrected chi connectivity index (χ2v) is 3.28. The van der Waals surface area contributed by atoms with Gasteiger partial charge in [-0.2, -0.15) is 0 Å². The first-order chi connectivity index (χ1) is 8.01. The van der Waals surface area contributed by atoms with Gasteiger partial charge in [0.05, 0.1) is 13.0 Å². The van der Waals surface area contributed by atoms with Crippen molar-refractivity contribution in [3.8, 4) is 0 Å². The number of nitrogens with one attached hydrogen (secondary N) is 1. The summed E-state index contributed by atoms with van der Waals surface area (Å²) in [7, 11) is 0. The Bertz CT molecular complexity index is 278. The lowest BCUT2D eigenvalue weighted by atomic mass is 10.2. The number of aliphatic hydroxyl groups is 1. The summed E-state index contributed by atoms with van der Waals surface area (Å²) >= 11 is 0. The van der Waals surface area contributed by atoms with Gasteiger partial charge in [0.15, 0.2) is 0 Å². The van der Waals surface area contributed by atoms with Crippen molar-refractivity contribution in [1.29, 1.82) is 0 Å². The molecule has 0 radical (unpaired) electrons. The van der Waals surface area contributed by atoms with Gasteiger partial charge in [-0.1, -0.05) is 0 Å². The highest BCUT2D eigenvalue weighted by Gasteiger charge is 2.19. The van der Waals surface area contributed by atoms with Crippen molar-refractivity contribution in [1.82, 2.24) is 5.32 Å². The Morgan fingerprint density at radius 1 is 1.29 bits per heavy atom. The number of carbonyl (C=O) groups is 3. The molecule has 0 fully saturated rings. The number of carbonyl (C=O) groups excluding carboxylic acids is 2. The normalized spacial score (nSPS) is 11.6. The van der Waals surface area contributed by atoms with Gasteiger partial charge in [0, 0.05) is 19.4 Å². The van der Waals surface area contributed by atoms with E-state index in [1.54, 1.807) is 6.92 Å². The van der Waals surface area contributed by atoms with E-state index in [2.05, 4.69) is 10.1 Å². The van der Waals surface area contributed by atoms with Crippen LogP contribution < -0.4 is 5.32 Å². The number of amides is 1. The van der Waals surface area contributed by atoms with Crippen LogP contribution in [0.25, 0.3) is 0 Å². The number of carboxylic acid groups (broad SMARTS) is 1. The summed E-state index contributed by atoms with van der Waals surface area (Å²) in [5.41, 5.74) is 0. The largest absolute Gasteiger partial charge is 0.480 e. The SMILES string of the molecule is CCOC(=O)CCC(=O)N[C@H](CCO)C(=O)O. The topological polar surface area (TPSA) is 113 Å². The minimum Gasteiger partial charge on any atom is -0.480 e. The van der Waals surface area contributed by atoms with Crippen molar-refractivity contribution in [2.24, 2.45) is 0 Å². The first-order valence-electron chi connectivity index (χ1n) is 5.29. The van der Waals surface area contributed by atoms with Crippen LogP contribution in [-0.2, 0) is 19.1 Å². The molecule has 0 saturated carbocycles. The van der Waals surface area contributed by atoms with E-state index in [9.17, 15) is 14.4 Å². The molecule has 0 unspecified atom stereocenters. The van der Waals surface area contributed by atoms with E-state index in [-0.39, 0.29) is 32.5 Å². The molecule has 0 aromatic carbocycles. The Morgan fingerprint density at radius 2 is 1.94 bits per heavy atom. The predicted octanol–water partition coefficient (Wildman–Crippen LogP) is -0.718. The maximum atomic E-state index is 11.3. The average molecular weight is 247 g/mol. The van der Waals surface area contributed by atoms with Crippen molar-refractivity contribution in [3.63, 3.8) is 0 Å². The summed E-state index contributed by atoms with van der Waals surface area (Å²) in [5.74, 6) is -2.28. The number of hydrogen-bond donors (Lipinski definition) is 3. The van der Waals surface area contributed by atoms with E-state index in [1.807, 2.05) is 0 Å². The number of aliphatic carboxylic acids is 1. The van der Waals surface area contributed by atoms with Gasteiger partial charge >= 0.3 is 11.9 Å².